The highest BCUT2D eigenvalue weighted by Gasteiger charge is 2.25. The van der Waals surface area contributed by atoms with Crippen molar-refractivity contribution in [3.63, 3.8) is 0 Å². The maximum absolute atomic E-state index is 13.0. The van der Waals surface area contributed by atoms with Gasteiger partial charge in [0.15, 0.2) is 5.82 Å². The van der Waals surface area contributed by atoms with Crippen LogP contribution in [-0.4, -0.2) is 50.8 Å². The number of nitrogens with zero attached hydrogens (tertiary/aromatic N) is 4. The minimum absolute atomic E-state index is 0.0782. The molecular formula is C22H27N5O. The fourth-order valence-corrected chi connectivity index (χ4v) is 4.02. The van der Waals surface area contributed by atoms with Crippen LogP contribution in [0.5, 0.6) is 0 Å². The highest BCUT2D eigenvalue weighted by molar-refractivity contribution is 5.97. The van der Waals surface area contributed by atoms with Crippen LogP contribution in [0, 0.1) is 6.92 Å². The Morgan fingerprint density at radius 2 is 2.07 bits per heavy atom. The third-order valence-electron chi connectivity index (χ3n) is 5.49. The molecule has 1 saturated heterocycles. The predicted molar refractivity (Wildman–Crippen MR) is 110 cm³/mol. The molecule has 1 aliphatic heterocycles. The minimum Gasteiger partial charge on any atom is -0.350 e. The molecule has 1 amide bonds. The molecule has 0 bridgehead atoms. The van der Waals surface area contributed by atoms with E-state index in [2.05, 4.69) is 41.3 Å². The van der Waals surface area contributed by atoms with Crippen molar-refractivity contribution in [1.29, 1.82) is 0 Å². The van der Waals surface area contributed by atoms with Crippen LogP contribution in [0.1, 0.15) is 35.7 Å². The van der Waals surface area contributed by atoms with E-state index in [1.54, 1.807) is 6.20 Å². The van der Waals surface area contributed by atoms with Crippen molar-refractivity contribution in [1.82, 2.24) is 24.6 Å². The highest BCUT2D eigenvalue weighted by Crippen LogP contribution is 2.21. The first kappa shape index (κ1) is 18.5. The first-order chi connectivity index (χ1) is 13.7. The van der Waals surface area contributed by atoms with Crippen molar-refractivity contribution in [2.24, 2.45) is 0 Å². The SMILES string of the molecule is CCN1CCC[C@H]1CNC(=O)c1cnn(-c2cccc(C)c2)c1-n1cccc1. The minimum atomic E-state index is -0.0782. The number of nitrogens with one attached hydrogen (secondary N) is 1. The van der Waals surface area contributed by atoms with Crippen LogP contribution in [0.2, 0.25) is 0 Å². The van der Waals surface area contributed by atoms with Gasteiger partial charge in [-0.1, -0.05) is 19.1 Å². The summed E-state index contributed by atoms with van der Waals surface area (Å²) in [6, 6.07) is 12.5. The smallest absolute Gasteiger partial charge is 0.256 e. The van der Waals surface area contributed by atoms with E-state index < -0.39 is 0 Å². The number of benzene rings is 1. The number of likely N-dealkylation sites (N-methyl/N-ethyl adjacent to an activating group) is 1. The summed E-state index contributed by atoms with van der Waals surface area (Å²) in [7, 11) is 0. The second kappa shape index (κ2) is 8.02. The lowest BCUT2D eigenvalue weighted by Crippen LogP contribution is -2.40. The Morgan fingerprint density at radius 1 is 1.25 bits per heavy atom. The van der Waals surface area contributed by atoms with Gasteiger partial charge in [0.25, 0.3) is 5.91 Å². The van der Waals surface area contributed by atoms with E-state index in [0.717, 1.165) is 36.6 Å². The number of likely N-dealkylation sites (tertiary alicyclic amines) is 1. The zero-order valence-electron chi connectivity index (χ0n) is 16.5. The summed E-state index contributed by atoms with van der Waals surface area (Å²) in [5.41, 5.74) is 2.67. The molecule has 4 rings (SSSR count). The Morgan fingerprint density at radius 3 is 2.82 bits per heavy atom. The zero-order chi connectivity index (χ0) is 19.5. The molecule has 3 aromatic rings. The van der Waals surface area contributed by atoms with Gasteiger partial charge in [-0.3, -0.25) is 9.69 Å². The molecule has 1 N–H and O–H groups in total. The molecule has 1 fully saturated rings. The van der Waals surface area contributed by atoms with Gasteiger partial charge in [0.1, 0.15) is 5.56 Å². The molecule has 28 heavy (non-hydrogen) atoms. The Kier molecular flexibility index (Phi) is 5.30. The van der Waals surface area contributed by atoms with Gasteiger partial charge < -0.3 is 9.88 Å². The van der Waals surface area contributed by atoms with Gasteiger partial charge in [0.05, 0.1) is 11.9 Å². The average Bonchev–Trinajstić information content (AvgIpc) is 3.45. The number of amides is 1. The summed E-state index contributed by atoms with van der Waals surface area (Å²) >= 11 is 0. The second-order valence-electron chi connectivity index (χ2n) is 7.36. The standard InChI is InChI=1S/C22H27N5O/c1-3-25-13-7-10-19(25)15-23-21(28)20-16-24-27(18-9-6-8-17(2)14-18)22(20)26-11-4-5-12-26/h4-6,8-9,11-12,14,16,19H,3,7,10,13,15H2,1-2H3,(H,23,28)/t19-/m0/s1. The van der Waals surface area contributed by atoms with Crippen LogP contribution in [0.4, 0.5) is 0 Å². The number of carbonyl (C=O) groups excluding carboxylic acids is 1. The number of carbonyl (C=O) groups is 1. The summed E-state index contributed by atoms with van der Waals surface area (Å²) in [5.74, 6) is 0.678. The Hall–Kier alpha value is -2.86. The van der Waals surface area contributed by atoms with E-state index >= 15 is 0 Å². The summed E-state index contributed by atoms with van der Waals surface area (Å²) in [4.78, 5) is 15.5. The van der Waals surface area contributed by atoms with Crippen molar-refractivity contribution in [3.8, 4) is 11.5 Å². The van der Waals surface area contributed by atoms with Crippen molar-refractivity contribution in [3.05, 3.63) is 66.1 Å². The summed E-state index contributed by atoms with van der Waals surface area (Å²) < 4.78 is 3.77. The zero-order valence-corrected chi connectivity index (χ0v) is 16.5. The number of hydrogen-bond donors (Lipinski definition) is 1. The molecule has 0 spiro atoms. The number of aryl methyl sites for hydroxylation is 1. The lowest BCUT2D eigenvalue weighted by atomic mass is 10.2. The molecule has 6 heteroatoms. The molecule has 0 radical (unpaired) electrons. The first-order valence-electron chi connectivity index (χ1n) is 9.98. The van der Waals surface area contributed by atoms with Crippen molar-refractivity contribution < 1.29 is 4.79 Å². The third-order valence-corrected chi connectivity index (χ3v) is 5.49. The van der Waals surface area contributed by atoms with Gasteiger partial charge in [0, 0.05) is 25.0 Å². The second-order valence-corrected chi connectivity index (χ2v) is 7.36. The van der Waals surface area contributed by atoms with E-state index in [1.165, 1.54) is 6.42 Å². The van der Waals surface area contributed by atoms with E-state index in [0.29, 0.717) is 18.2 Å². The largest absolute Gasteiger partial charge is 0.350 e. The molecule has 1 aliphatic rings. The molecule has 0 saturated carbocycles. The molecular weight excluding hydrogens is 350 g/mol. The van der Waals surface area contributed by atoms with Crippen molar-refractivity contribution >= 4 is 5.91 Å². The fourth-order valence-electron chi connectivity index (χ4n) is 4.02. The average molecular weight is 377 g/mol. The third kappa shape index (κ3) is 3.60. The number of aromatic nitrogens is 3. The predicted octanol–water partition coefficient (Wildman–Crippen LogP) is 3.19. The summed E-state index contributed by atoms with van der Waals surface area (Å²) in [6.07, 6.45) is 7.89. The van der Waals surface area contributed by atoms with Crippen LogP contribution in [0.15, 0.2) is 55.0 Å². The topological polar surface area (TPSA) is 55.1 Å². The van der Waals surface area contributed by atoms with Gasteiger partial charge in [0.2, 0.25) is 0 Å². The number of rotatable bonds is 6. The van der Waals surface area contributed by atoms with E-state index in [1.807, 2.05) is 45.9 Å². The van der Waals surface area contributed by atoms with Gasteiger partial charge >= 0.3 is 0 Å². The summed E-state index contributed by atoms with van der Waals surface area (Å²) in [6.45, 7) is 7.05. The van der Waals surface area contributed by atoms with E-state index in [-0.39, 0.29) is 5.91 Å². The van der Waals surface area contributed by atoms with Crippen molar-refractivity contribution in [2.75, 3.05) is 19.6 Å². The fraction of sp³-hybridized carbons (Fsp3) is 0.364. The molecule has 2 aromatic heterocycles. The van der Waals surface area contributed by atoms with Crippen LogP contribution in [0.25, 0.3) is 11.5 Å². The lowest BCUT2D eigenvalue weighted by molar-refractivity contribution is 0.0941. The molecule has 0 unspecified atom stereocenters. The van der Waals surface area contributed by atoms with E-state index in [9.17, 15) is 4.79 Å². The normalized spacial score (nSPS) is 17.1. The monoisotopic (exact) mass is 377 g/mol. The van der Waals surface area contributed by atoms with Crippen LogP contribution in [0.3, 0.4) is 0 Å². The molecule has 1 atom stereocenters. The van der Waals surface area contributed by atoms with Crippen LogP contribution < -0.4 is 5.32 Å². The number of hydrogen-bond acceptors (Lipinski definition) is 3. The first-order valence-corrected chi connectivity index (χ1v) is 9.98. The maximum atomic E-state index is 13.0. The van der Waals surface area contributed by atoms with Gasteiger partial charge in [-0.15, -0.1) is 0 Å². The molecule has 0 aliphatic carbocycles. The Labute approximate surface area is 165 Å². The highest BCUT2D eigenvalue weighted by atomic mass is 16.1. The van der Waals surface area contributed by atoms with E-state index in [4.69, 9.17) is 0 Å². The maximum Gasteiger partial charge on any atom is 0.256 e. The van der Waals surface area contributed by atoms with Gasteiger partial charge in [-0.2, -0.15) is 5.10 Å². The summed E-state index contributed by atoms with van der Waals surface area (Å²) in [5, 5.41) is 7.68. The Bertz CT molecular complexity index is 944. The molecule has 6 nitrogen and oxygen atoms in total. The molecule has 146 valence electrons. The quantitative estimate of drug-likeness (QED) is 0.718. The Balaban J connectivity index is 1.63. The van der Waals surface area contributed by atoms with Gasteiger partial charge in [-0.25, -0.2) is 4.68 Å². The molecule has 1 aromatic carbocycles. The van der Waals surface area contributed by atoms with Crippen LogP contribution >= 0.6 is 0 Å². The lowest BCUT2D eigenvalue weighted by Gasteiger charge is -2.22. The van der Waals surface area contributed by atoms with Crippen LogP contribution in [-0.2, 0) is 0 Å². The van der Waals surface area contributed by atoms with Gasteiger partial charge in [-0.05, 0) is 62.7 Å². The molecule has 3 heterocycles. The van der Waals surface area contributed by atoms with Crippen molar-refractivity contribution in [2.45, 2.75) is 32.7 Å².